The maximum absolute atomic E-state index is 5.77. The fourth-order valence-electron chi connectivity index (χ4n) is 2.19. The van der Waals surface area contributed by atoms with E-state index in [1.165, 1.54) is 0 Å². The van der Waals surface area contributed by atoms with Gasteiger partial charge in [-0.1, -0.05) is 0 Å². The number of halogens is 1. The van der Waals surface area contributed by atoms with Gasteiger partial charge in [-0.05, 0) is 26.7 Å². The number of aromatic nitrogens is 3. The van der Waals surface area contributed by atoms with Crippen molar-refractivity contribution in [3.05, 3.63) is 12.2 Å². The van der Waals surface area contributed by atoms with E-state index in [1.54, 1.807) is 6.33 Å². The van der Waals surface area contributed by atoms with Crippen molar-refractivity contribution in [2.24, 2.45) is 12.0 Å². The smallest absolute Gasteiger partial charge is 0.191 e. The van der Waals surface area contributed by atoms with E-state index in [0.717, 1.165) is 44.3 Å². The summed E-state index contributed by atoms with van der Waals surface area (Å²) in [7, 11) is 1.92. The molecule has 1 saturated heterocycles. The van der Waals surface area contributed by atoms with Gasteiger partial charge in [-0.2, -0.15) is 0 Å². The van der Waals surface area contributed by atoms with E-state index >= 15 is 0 Å². The number of hydrogen-bond donors (Lipinski definition) is 2. The molecule has 1 aliphatic heterocycles. The lowest BCUT2D eigenvalue weighted by atomic mass is 10.0. The Kier molecular flexibility index (Phi) is 7.36. The van der Waals surface area contributed by atoms with Gasteiger partial charge >= 0.3 is 0 Å². The molecule has 1 aliphatic rings. The fraction of sp³-hybridized carbons (Fsp3) is 0.769. The van der Waals surface area contributed by atoms with Crippen molar-refractivity contribution in [1.29, 1.82) is 0 Å². The van der Waals surface area contributed by atoms with Crippen LogP contribution in [-0.2, 0) is 18.3 Å². The van der Waals surface area contributed by atoms with Gasteiger partial charge in [0.1, 0.15) is 12.9 Å². The average molecular weight is 408 g/mol. The highest BCUT2D eigenvalue weighted by Crippen LogP contribution is 2.23. The molecule has 0 saturated carbocycles. The van der Waals surface area contributed by atoms with E-state index < -0.39 is 0 Å². The molecule has 0 spiro atoms. The summed E-state index contributed by atoms with van der Waals surface area (Å²) in [5, 5.41) is 14.4. The molecule has 0 bridgehead atoms. The van der Waals surface area contributed by atoms with Crippen LogP contribution in [0.25, 0.3) is 0 Å². The molecule has 1 unspecified atom stereocenters. The van der Waals surface area contributed by atoms with Gasteiger partial charge in [0, 0.05) is 26.7 Å². The monoisotopic (exact) mass is 408 g/mol. The zero-order chi connectivity index (χ0) is 14.4. The van der Waals surface area contributed by atoms with Crippen LogP contribution in [0.2, 0.25) is 0 Å². The highest BCUT2D eigenvalue weighted by Gasteiger charge is 2.29. The minimum absolute atomic E-state index is 0. The molecule has 1 atom stereocenters. The first kappa shape index (κ1) is 18.1. The number of ether oxygens (including phenoxy) is 1. The zero-order valence-electron chi connectivity index (χ0n) is 12.9. The number of aryl methyl sites for hydroxylation is 1. The van der Waals surface area contributed by atoms with E-state index in [1.807, 2.05) is 18.5 Å². The summed E-state index contributed by atoms with van der Waals surface area (Å²) in [5.41, 5.74) is -0.0824. The fourth-order valence-corrected chi connectivity index (χ4v) is 2.19. The Bertz CT molecular complexity index is 455. The minimum atomic E-state index is -0.0824. The van der Waals surface area contributed by atoms with E-state index in [0.29, 0.717) is 6.54 Å². The minimum Gasteiger partial charge on any atom is -0.373 e. The van der Waals surface area contributed by atoms with Crippen molar-refractivity contribution in [2.45, 2.75) is 38.8 Å². The molecule has 21 heavy (non-hydrogen) atoms. The molecule has 8 heteroatoms. The molecule has 0 radical (unpaired) electrons. The SMILES string of the molecule is CCNC(=NCc1nncn1C)NCC1(C)CCCO1.I. The molecule has 2 heterocycles. The highest BCUT2D eigenvalue weighted by molar-refractivity contribution is 14.0. The normalized spacial score (nSPS) is 22.0. The Hall–Kier alpha value is -0.900. The molecule has 0 aliphatic carbocycles. The van der Waals surface area contributed by atoms with Crippen LogP contribution in [0.5, 0.6) is 0 Å². The zero-order valence-corrected chi connectivity index (χ0v) is 15.3. The molecule has 2 N–H and O–H groups in total. The molecule has 2 rings (SSSR count). The molecule has 1 aromatic rings. The van der Waals surface area contributed by atoms with Crippen LogP contribution in [0, 0.1) is 0 Å². The van der Waals surface area contributed by atoms with Crippen LogP contribution < -0.4 is 10.6 Å². The summed E-state index contributed by atoms with van der Waals surface area (Å²) in [6.45, 7) is 7.13. The molecular formula is C13H25IN6O. The Labute approximate surface area is 143 Å². The van der Waals surface area contributed by atoms with Crippen LogP contribution in [-0.4, -0.2) is 46.0 Å². The third-order valence-corrected chi connectivity index (χ3v) is 3.46. The largest absolute Gasteiger partial charge is 0.373 e. The molecule has 1 fully saturated rings. The Morgan fingerprint density at radius 1 is 1.52 bits per heavy atom. The van der Waals surface area contributed by atoms with Gasteiger partial charge in [0.2, 0.25) is 0 Å². The highest BCUT2D eigenvalue weighted by atomic mass is 127. The van der Waals surface area contributed by atoms with Gasteiger partial charge in [0.25, 0.3) is 0 Å². The number of hydrogen-bond acceptors (Lipinski definition) is 4. The van der Waals surface area contributed by atoms with Crippen molar-refractivity contribution in [3.8, 4) is 0 Å². The first-order chi connectivity index (χ1) is 9.63. The summed E-state index contributed by atoms with van der Waals surface area (Å²) in [4.78, 5) is 4.52. The first-order valence-corrected chi connectivity index (χ1v) is 7.12. The summed E-state index contributed by atoms with van der Waals surface area (Å²) < 4.78 is 7.64. The topological polar surface area (TPSA) is 76.4 Å². The van der Waals surface area contributed by atoms with Crippen molar-refractivity contribution in [1.82, 2.24) is 25.4 Å². The summed E-state index contributed by atoms with van der Waals surface area (Å²) in [6, 6.07) is 0. The van der Waals surface area contributed by atoms with E-state index in [4.69, 9.17) is 4.74 Å². The van der Waals surface area contributed by atoms with E-state index in [9.17, 15) is 0 Å². The Morgan fingerprint density at radius 3 is 2.90 bits per heavy atom. The first-order valence-electron chi connectivity index (χ1n) is 7.12. The van der Waals surface area contributed by atoms with Crippen molar-refractivity contribution >= 4 is 29.9 Å². The van der Waals surface area contributed by atoms with Crippen molar-refractivity contribution in [3.63, 3.8) is 0 Å². The summed E-state index contributed by atoms with van der Waals surface area (Å²) in [5.74, 6) is 1.62. The number of aliphatic imine (C=N–C) groups is 1. The van der Waals surface area contributed by atoms with Crippen LogP contribution in [0.1, 0.15) is 32.5 Å². The van der Waals surface area contributed by atoms with Gasteiger partial charge in [0.05, 0.1) is 5.60 Å². The second-order valence-electron chi connectivity index (χ2n) is 5.31. The predicted octanol–water partition coefficient (Wildman–Crippen LogP) is 1.06. The summed E-state index contributed by atoms with van der Waals surface area (Å²) in [6.07, 6.45) is 3.89. The van der Waals surface area contributed by atoms with Crippen molar-refractivity contribution < 1.29 is 4.74 Å². The number of nitrogens with zero attached hydrogens (tertiary/aromatic N) is 4. The summed E-state index contributed by atoms with van der Waals surface area (Å²) >= 11 is 0. The average Bonchev–Trinajstić information content (AvgIpc) is 3.03. The van der Waals surface area contributed by atoms with Crippen LogP contribution in [0.15, 0.2) is 11.3 Å². The van der Waals surface area contributed by atoms with Crippen LogP contribution in [0.3, 0.4) is 0 Å². The van der Waals surface area contributed by atoms with Crippen LogP contribution in [0.4, 0.5) is 0 Å². The third kappa shape index (κ3) is 5.42. The Balaban J connectivity index is 0.00000220. The lowest BCUT2D eigenvalue weighted by molar-refractivity contribution is 0.0243. The second-order valence-corrected chi connectivity index (χ2v) is 5.31. The predicted molar refractivity (Wildman–Crippen MR) is 92.8 cm³/mol. The number of guanidine groups is 1. The second kappa shape index (κ2) is 8.52. The molecule has 1 aromatic heterocycles. The quantitative estimate of drug-likeness (QED) is 0.433. The maximum Gasteiger partial charge on any atom is 0.191 e. The van der Waals surface area contributed by atoms with Gasteiger partial charge in [-0.15, -0.1) is 34.2 Å². The maximum atomic E-state index is 5.77. The number of nitrogens with one attached hydrogen (secondary N) is 2. The molecule has 7 nitrogen and oxygen atoms in total. The molecular weight excluding hydrogens is 383 g/mol. The third-order valence-electron chi connectivity index (χ3n) is 3.46. The molecule has 0 amide bonds. The van der Waals surface area contributed by atoms with Gasteiger partial charge in [-0.25, -0.2) is 4.99 Å². The molecule has 120 valence electrons. The van der Waals surface area contributed by atoms with E-state index in [2.05, 4.69) is 32.7 Å². The lowest BCUT2D eigenvalue weighted by Crippen LogP contribution is -2.45. The van der Waals surface area contributed by atoms with Crippen molar-refractivity contribution in [2.75, 3.05) is 19.7 Å². The lowest BCUT2D eigenvalue weighted by Gasteiger charge is -2.24. The molecule has 0 aromatic carbocycles. The standard InChI is InChI=1S/C13H24N6O.HI/c1-4-14-12(15-8-11-18-17-10-19(11)3)16-9-13(2)6-5-7-20-13;/h10H,4-9H2,1-3H3,(H2,14,15,16);1H. The van der Waals surface area contributed by atoms with Crippen LogP contribution >= 0.6 is 24.0 Å². The van der Waals surface area contributed by atoms with Gasteiger partial charge in [0.15, 0.2) is 11.8 Å². The Morgan fingerprint density at radius 2 is 2.33 bits per heavy atom. The number of rotatable bonds is 5. The van der Waals surface area contributed by atoms with Gasteiger partial charge in [-0.3, -0.25) is 0 Å². The van der Waals surface area contributed by atoms with E-state index in [-0.39, 0.29) is 29.6 Å². The van der Waals surface area contributed by atoms with Gasteiger partial charge < -0.3 is 19.9 Å².